The van der Waals surface area contributed by atoms with Gasteiger partial charge in [-0.15, -0.1) is 0 Å². The van der Waals surface area contributed by atoms with Gasteiger partial charge in [0.05, 0.1) is 0 Å². The summed E-state index contributed by atoms with van der Waals surface area (Å²) in [5, 5.41) is 2.80. The van der Waals surface area contributed by atoms with Crippen molar-refractivity contribution in [1.29, 1.82) is 0 Å². The molecule has 0 heterocycles. The molecule has 1 atom stereocenters. The Morgan fingerprint density at radius 2 is 1.67 bits per heavy atom. The van der Waals surface area contributed by atoms with Gasteiger partial charge in [-0.1, -0.05) is 6.07 Å². The van der Waals surface area contributed by atoms with Crippen molar-refractivity contribution in [3.05, 3.63) is 53.6 Å². The molecule has 0 aromatic heterocycles. The van der Waals surface area contributed by atoms with Gasteiger partial charge in [-0.25, -0.2) is 0 Å². The zero-order chi connectivity index (χ0) is 15.4. The van der Waals surface area contributed by atoms with Crippen molar-refractivity contribution >= 4 is 17.3 Å². The summed E-state index contributed by atoms with van der Waals surface area (Å²) in [5.41, 5.74) is 9.18. The molecular formula is C17H20N2O2. The summed E-state index contributed by atoms with van der Waals surface area (Å²) >= 11 is 0. The second kappa shape index (κ2) is 6.31. The second-order valence-corrected chi connectivity index (χ2v) is 5.19. The van der Waals surface area contributed by atoms with Gasteiger partial charge >= 0.3 is 0 Å². The Morgan fingerprint density at radius 1 is 1.10 bits per heavy atom. The lowest BCUT2D eigenvalue weighted by Gasteiger charge is -2.15. The van der Waals surface area contributed by atoms with Crippen LogP contribution in [0.5, 0.6) is 5.75 Å². The molecule has 0 fully saturated rings. The van der Waals surface area contributed by atoms with Gasteiger partial charge in [-0.2, -0.15) is 0 Å². The number of amides is 1. The van der Waals surface area contributed by atoms with Gasteiger partial charge in [0.25, 0.3) is 5.91 Å². The van der Waals surface area contributed by atoms with Crippen LogP contribution in [0.1, 0.15) is 18.1 Å². The maximum Gasteiger partial charge on any atom is 0.265 e. The maximum atomic E-state index is 12.1. The molecule has 1 amide bonds. The van der Waals surface area contributed by atoms with Crippen molar-refractivity contribution in [3.8, 4) is 5.75 Å². The van der Waals surface area contributed by atoms with Crippen molar-refractivity contribution in [2.75, 3.05) is 11.1 Å². The van der Waals surface area contributed by atoms with E-state index in [0.717, 1.165) is 11.1 Å². The molecule has 2 aromatic carbocycles. The smallest absolute Gasteiger partial charge is 0.265 e. The monoisotopic (exact) mass is 284 g/mol. The Kier molecular flexibility index (Phi) is 4.48. The molecule has 1 unspecified atom stereocenters. The minimum Gasteiger partial charge on any atom is -0.481 e. The predicted molar refractivity (Wildman–Crippen MR) is 85.5 cm³/mol. The highest BCUT2D eigenvalue weighted by atomic mass is 16.5. The van der Waals surface area contributed by atoms with E-state index in [4.69, 9.17) is 10.5 Å². The number of nitrogens with two attached hydrogens (primary N) is 1. The molecule has 0 aliphatic heterocycles. The van der Waals surface area contributed by atoms with Crippen LogP contribution in [-0.2, 0) is 4.79 Å². The van der Waals surface area contributed by atoms with Crippen LogP contribution in [0.25, 0.3) is 0 Å². The van der Waals surface area contributed by atoms with E-state index in [1.54, 1.807) is 31.2 Å². The number of nitrogen functional groups attached to an aromatic ring is 1. The fourth-order valence-electron chi connectivity index (χ4n) is 2.07. The molecular weight excluding hydrogens is 264 g/mol. The van der Waals surface area contributed by atoms with Gasteiger partial charge < -0.3 is 15.8 Å². The Labute approximate surface area is 124 Å². The third kappa shape index (κ3) is 4.24. The second-order valence-electron chi connectivity index (χ2n) is 5.19. The first-order valence-corrected chi connectivity index (χ1v) is 6.85. The van der Waals surface area contributed by atoms with Gasteiger partial charge in [0.15, 0.2) is 6.10 Å². The molecule has 110 valence electrons. The third-order valence-electron chi connectivity index (χ3n) is 3.06. The minimum absolute atomic E-state index is 0.195. The molecule has 0 spiro atoms. The number of hydrogen-bond acceptors (Lipinski definition) is 3. The number of rotatable bonds is 4. The topological polar surface area (TPSA) is 64.3 Å². The van der Waals surface area contributed by atoms with Crippen LogP contribution in [-0.4, -0.2) is 12.0 Å². The van der Waals surface area contributed by atoms with Crippen LogP contribution >= 0.6 is 0 Å². The quantitative estimate of drug-likeness (QED) is 0.847. The SMILES string of the molecule is Cc1cc(C)cc(OC(C)C(=O)Nc2ccc(N)cc2)c1. The average Bonchev–Trinajstić information content (AvgIpc) is 2.40. The van der Waals surface area contributed by atoms with E-state index in [9.17, 15) is 4.79 Å². The molecule has 2 aromatic rings. The Hall–Kier alpha value is -2.49. The van der Waals surface area contributed by atoms with Gasteiger partial charge in [0.2, 0.25) is 0 Å². The molecule has 0 bridgehead atoms. The van der Waals surface area contributed by atoms with E-state index in [1.165, 1.54) is 0 Å². The summed E-state index contributed by atoms with van der Waals surface area (Å²) in [6.45, 7) is 5.72. The Morgan fingerprint density at radius 3 is 2.24 bits per heavy atom. The predicted octanol–water partition coefficient (Wildman–Crippen LogP) is 3.29. The first-order chi connectivity index (χ1) is 9.94. The number of aryl methyl sites for hydroxylation is 2. The first-order valence-electron chi connectivity index (χ1n) is 6.85. The average molecular weight is 284 g/mol. The highest BCUT2D eigenvalue weighted by Gasteiger charge is 2.15. The largest absolute Gasteiger partial charge is 0.481 e. The minimum atomic E-state index is -0.580. The van der Waals surface area contributed by atoms with Crippen LogP contribution in [0, 0.1) is 13.8 Å². The van der Waals surface area contributed by atoms with Crippen LogP contribution < -0.4 is 15.8 Å². The van der Waals surface area contributed by atoms with E-state index >= 15 is 0 Å². The van der Waals surface area contributed by atoms with Crippen LogP contribution in [0.15, 0.2) is 42.5 Å². The lowest BCUT2D eigenvalue weighted by atomic mass is 10.1. The Balaban J connectivity index is 2.00. The summed E-state index contributed by atoms with van der Waals surface area (Å²) in [7, 11) is 0. The van der Waals surface area contributed by atoms with Crippen LogP contribution in [0.2, 0.25) is 0 Å². The summed E-state index contributed by atoms with van der Waals surface area (Å²) in [5.74, 6) is 0.506. The number of carbonyl (C=O) groups excluding carboxylic acids is 1. The number of carbonyl (C=O) groups is 1. The van der Waals surface area contributed by atoms with Crippen LogP contribution in [0.3, 0.4) is 0 Å². The van der Waals surface area contributed by atoms with Crippen molar-refractivity contribution in [2.24, 2.45) is 0 Å². The van der Waals surface area contributed by atoms with Gasteiger partial charge in [0.1, 0.15) is 5.75 Å². The molecule has 0 saturated carbocycles. The number of anilines is 2. The van der Waals surface area contributed by atoms with E-state index < -0.39 is 6.10 Å². The van der Waals surface area contributed by atoms with E-state index in [1.807, 2.05) is 26.0 Å². The summed E-state index contributed by atoms with van der Waals surface area (Å²) in [4.78, 5) is 12.1. The van der Waals surface area contributed by atoms with Crippen LogP contribution in [0.4, 0.5) is 11.4 Å². The molecule has 0 aliphatic carbocycles. The molecule has 0 aliphatic rings. The standard InChI is InChI=1S/C17H20N2O2/c1-11-8-12(2)10-16(9-11)21-13(3)17(20)19-15-6-4-14(18)5-7-15/h4-10,13H,18H2,1-3H3,(H,19,20). The fraction of sp³-hybridized carbons (Fsp3) is 0.235. The Bertz CT molecular complexity index is 615. The van der Waals surface area contributed by atoms with Gasteiger partial charge in [-0.05, 0) is 68.3 Å². The first kappa shape index (κ1) is 14.9. The lowest BCUT2D eigenvalue weighted by Crippen LogP contribution is -2.30. The molecule has 0 radical (unpaired) electrons. The van der Waals surface area contributed by atoms with E-state index in [0.29, 0.717) is 17.1 Å². The maximum absolute atomic E-state index is 12.1. The van der Waals surface area contributed by atoms with Gasteiger partial charge in [0, 0.05) is 11.4 Å². The molecule has 0 saturated heterocycles. The lowest BCUT2D eigenvalue weighted by molar-refractivity contribution is -0.122. The highest BCUT2D eigenvalue weighted by Crippen LogP contribution is 2.18. The zero-order valence-corrected chi connectivity index (χ0v) is 12.5. The van der Waals surface area contributed by atoms with E-state index in [2.05, 4.69) is 11.4 Å². The molecule has 2 rings (SSSR count). The van der Waals surface area contributed by atoms with Crippen molar-refractivity contribution in [3.63, 3.8) is 0 Å². The molecule has 4 nitrogen and oxygen atoms in total. The van der Waals surface area contributed by atoms with Crippen molar-refractivity contribution < 1.29 is 9.53 Å². The van der Waals surface area contributed by atoms with E-state index in [-0.39, 0.29) is 5.91 Å². The van der Waals surface area contributed by atoms with Crippen molar-refractivity contribution in [1.82, 2.24) is 0 Å². The summed E-state index contributed by atoms with van der Waals surface area (Å²) < 4.78 is 5.70. The summed E-state index contributed by atoms with van der Waals surface area (Å²) in [6.07, 6.45) is -0.580. The zero-order valence-electron chi connectivity index (χ0n) is 12.5. The number of nitrogens with one attached hydrogen (secondary N) is 1. The molecule has 21 heavy (non-hydrogen) atoms. The normalized spacial score (nSPS) is 11.8. The number of ether oxygens (including phenoxy) is 1. The fourth-order valence-corrected chi connectivity index (χ4v) is 2.07. The number of hydrogen-bond donors (Lipinski definition) is 2. The molecule has 3 N–H and O–H groups in total. The third-order valence-corrected chi connectivity index (χ3v) is 3.06. The summed E-state index contributed by atoms with van der Waals surface area (Å²) in [6, 6.07) is 12.9. The van der Waals surface area contributed by atoms with Crippen molar-refractivity contribution in [2.45, 2.75) is 26.9 Å². The number of benzene rings is 2. The van der Waals surface area contributed by atoms with Gasteiger partial charge in [-0.3, -0.25) is 4.79 Å². The highest BCUT2D eigenvalue weighted by molar-refractivity contribution is 5.94. The molecule has 4 heteroatoms.